The minimum Gasteiger partial charge on any atom is -0.493 e. The summed E-state index contributed by atoms with van der Waals surface area (Å²) in [7, 11) is 4.35. The predicted octanol–water partition coefficient (Wildman–Crippen LogP) is 4.28. The number of amides is 1. The molecule has 0 bridgehead atoms. The zero-order valence-electron chi connectivity index (χ0n) is 17.2. The Morgan fingerprint density at radius 3 is 2.21 bits per heavy atom. The van der Waals surface area contributed by atoms with E-state index in [2.05, 4.69) is 21.2 Å². The lowest BCUT2D eigenvalue weighted by molar-refractivity contribution is -0.123. The number of aryl methyl sites for hydroxylation is 2. The zero-order chi connectivity index (χ0) is 21.7. The van der Waals surface area contributed by atoms with Gasteiger partial charge in [0.05, 0.1) is 31.4 Å². The van der Waals surface area contributed by atoms with Crippen LogP contribution in [-0.2, 0) is 9.53 Å². The van der Waals surface area contributed by atoms with Crippen LogP contribution in [0, 0.1) is 13.8 Å². The van der Waals surface area contributed by atoms with E-state index in [4.69, 9.17) is 18.9 Å². The van der Waals surface area contributed by atoms with Gasteiger partial charge in [0.15, 0.2) is 17.6 Å². The summed E-state index contributed by atoms with van der Waals surface area (Å²) >= 11 is 3.33. The molecule has 2 aromatic carbocycles. The van der Waals surface area contributed by atoms with Gasteiger partial charge in [0.1, 0.15) is 0 Å². The molecule has 0 aliphatic carbocycles. The molecule has 0 aliphatic heterocycles. The van der Waals surface area contributed by atoms with Crippen molar-refractivity contribution < 1.29 is 28.5 Å². The molecule has 1 atom stereocenters. The summed E-state index contributed by atoms with van der Waals surface area (Å²) in [4.78, 5) is 25.2. The maximum atomic E-state index is 12.7. The number of nitrogens with one attached hydrogen (secondary N) is 1. The van der Waals surface area contributed by atoms with Gasteiger partial charge in [-0.05, 0) is 54.4 Å². The van der Waals surface area contributed by atoms with Crippen molar-refractivity contribution in [3.63, 3.8) is 0 Å². The molecule has 0 saturated heterocycles. The molecule has 0 aliphatic rings. The number of esters is 1. The quantitative estimate of drug-likeness (QED) is 0.614. The molecule has 0 aromatic heterocycles. The van der Waals surface area contributed by atoms with Gasteiger partial charge in [-0.25, -0.2) is 4.79 Å². The van der Waals surface area contributed by atoms with Crippen LogP contribution in [0.4, 0.5) is 5.69 Å². The highest BCUT2D eigenvalue weighted by Gasteiger charge is 2.26. The highest BCUT2D eigenvalue weighted by molar-refractivity contribution is 9.10. The Balaban J connectivity index is 2.21. The summed E-state index contributed by atoms with van der Waals surface area (Å²) in [5, 5.41) is 2.77. The van der Waals surface area contributed by atoms with Crippen LogP contribution in [0.2, 0.25) is 0 Å². The fraction of sp³-hybridized carbons (Fsp3) is 0.333. The van der Waals surface area contributed by atoms with Gasteiger partial charge in [-0.1, -0.05) is 17.7 Å². The molecule has 7 nitrogen and oxygen atoms in total. The third-order valence-electron chi connectivity index (χ3n) is 4.28. The topological polar surface area (TPSA) is 83.1 Å². The van der Waals surface area contributed by atoms with E-state index in [0.717, 1.165) is 11.1 Å². The lowest BCUT2D eigenvalue weighted by atomic mass is 10.1. The number of anilines is 1. The fourth-order valence-corrected chi connectivity index (χ4v) is 3.35. The van der Waals surface area contributed by atoms with Gasteiger partial charge < -0.3 is 24.3 Å². The average molecular weight is 466 g/mol. The second kappa shape index (κ2) is 9.65. The van der Waals surface area contributed by atoms with Gasteiger partial charge >= 0.3 is 5.97 Å². The summed E-state index contributed by atoms with van der Waals surface area (Å²) in [6.45, 7) is 5.37. The number of hydrogen-bond donors (Lipinski definition) is 1. The van der Waals surface area contributed by atoms with Crippen molar-refractivity contribution in [2.24, 2.45) is 0 Å². The summed E-state index contributed by atoms with van der Waals surface area (Å²) in [5.74, 6) is -0.231. The molecule has 8 heteroatoms. The molecule has 156 valence electrons. The minimum absolute atomic E-state index is 0.144. The zero-order valence-corrected chi connectivity index (χ0v) is 18.8. The van der Waals surface area contributed by atoms with Crippen molar-refractivity contribution in [1.82, 2.24) is 0 Å². The maximum Gasteiger partial charge on any atom is 0.340 e. The van der Waals surface area contributed by atoms with Gasteiger partial charge in [-0.15, -0.1) is 0 Å². The first-order chi connectivity index (χ1) is 13.7. The Labute approximate surface area is 178 Å². The monoisotopic (exact) mass is 465 g/mol. The summed E-state index contributed by atoms with van der Waals surface area (Å²) in [6.07, 6.45) is -1.02. The number of carbonyl (C=O) groups is 2. The smallest absolute Gasteiger partial charge is 0.340 e. The molecule has 0 saturated carbocycles. The van der Waals surface area contributed by atoms with E-state index in [1.807, 2.05) is 32.0 Å². The lowest BCUT2D eigenvalue weighted by Crippen LogP contribution is -2.30. The van der Waals surface area contributed by atoms with Crippen LogP contribution < -0.4 is 19.5 Å². The molecule has 1 unspecified atom stereocenters. The summed E-state index contributed by atoms with van der Waals surface area (Å²) in [6, 6.07) is 7.13. The minimum atomic E-state index is -1.02. The van der Waals surface area contributed by atoms with Crippen molar-refractivity contribution in [3.05, 3.63) is 45.4 Å². The van der Waals surface area contributed by atoms with Crippen LogP contribution in [0.3, 0.4) is 0 Å². The Hall–Kier alpha value is -2.74. The van der Waals surface area contributed by atoms with E-state index < -0.39 is 18.0 Å². The SMILES string of the molecule is COc1cc(C(=O)OC(C)C(=O)Nc2ccc(C)cc2C)c(Br)c(OC)c1OC. The number of methoxy groups -OCH3 is 3. The molecular formula is C21H24BrNO6. The summed E-state index contributed by atoms with van der Waals surface area (Å²) < 4.78 is 21.6. The van der Waals surface area contributed by atoms with E-state index in [9.17, 15) is 9.59 Å². The average Bonchev–Trinajstić information content (AvgIpc) is 2.69. The van der Waals surface area contributed by atoms with Gasteiger partial charge in [0.2, 0.25) is 5.75 Å². The largest absolute Gasteiger partial charge is 0.493 e. The molecular weight excluding hydrogens is 442 g/mol. The summed E-state index contributed by atoms with van der Waals surface area (Å²) in [5.41, 5.74) is 2.82. The van der Waals surface area contributed by atoms with E-state index >= 15 is 0 Å². The van der Waals surface area contributed by atoms with Gasteiger partial charge in [0.25, 0.3) is 5.91 Å². The lowest BCUT2D eigenvalue weighted by Gasteiger charge is -2.18. The van der Waals surface area contributed by atoms with E-state index in [1.165, 1.54) is 34.3 Å². The first-order valence-corrected chi connectivity index (χ1v) is 9.60. The normalized spacial score (nSPS) is 11.4. The Bertz CT molecular complexity index is 928. The number of ether oxygens (including phenoxy) is 4. The number of benzene rings is 2. The van der Waals surface area contributed by atoms with Crippen LogP contribution in [0.5, 0.6) is 17.2 Å². The van der Waals surface area contributed by atoms with Crippen LogP contribution in [0.1, 0.15) is 28.4 Å². The van der Waals surface area contributed by atoms with E-state index in [1.54, 1.807) is 0 Å². The van der Waals surface area contributed by atoms with Gasteiger partial charge in [0, 0.05) is 5.69 Å². The van der Waals surface area contributed by atoms with Crippen molar-refractivity contribution in [2.45, 2.75) is 26.9 Å². The second-order valence-corrected chi connectivity index (χ2v) is 7.16. The van der Waals surface area contributed by atoms with Crippen molar-refractivity contribution in [1.29, 1.82) is 0 Å². The Morgan fingerprint density at radius 1 is 1.00 bits per heavy atom. The molecule has 1 N–H and O–H groups in total. The highest BCUT2D eigenvalue weighted by Crippen LogP contribution is 2.44. The molecule has 2 aromatic rings. The molecule has 0 spiro atoms. The van der Waals surface area contributed by atoms with Crippen molar-refractivity contribution in [2.75, 3.05) is 26.6 Å². The third kappa shape index (κ3) is 5.00. The predicted molar refractivity (Wildman–Crippen MR) is 113 cm³/mol. The van der Waals surface area contributed by atoms with E-state index in [-0.39, 0.29) is 11.3 Å². The van der Waals surface area contributed by atoms with Crippen LogP contribution in [0.15, 0.2) is 28.7 Å². The van der Waals surface area contributed by atoms with Crippen molar-refractivity contribution in [3.8, 4) is 17.2 Å². The van der Waals surface area contributed by atoms with Gasteiger partial charge in [-0.3, -0.25) is 4.79 Å². The molecule has 0 radical (unpaired) electrons. The highest BCUT2D eigenvalue weighted by atomic mass is 79.9. The van der Waals surface area contributed by atoms with Crippen LogP contribution in [-0.4, -0.2) is 39.3 Å². The van der Waals surface area contributed by atoms with Crippen LogP contribution in [0.25, 0.3) is 0 Å². The number of rotatable bonds is 7. The standard InChI is InChI=1S/C21H24BrNO6/c1-11-7-8-15(12(2)9-11)23-20(24)13(3)29-21(25)14-10-16(26-4)18(27-5)19(28-6)17(14)22/h7-10,13H,1-6H3,(H,23,24). The Kier molecular flexibility index (Phi) is 7.50. The number of hydrogen-bond acceptors (Lipinski definition) is 6. The number of carbonyl (C=O) groups excluding carboxylic acids is 2. The molecule has 29 heavy (non-hydrogen) atoms. The maximum absolute atomic E-state index is 12.7. The number of halogens is 1. The first kappa shape index (κ1) is 22.5. The third-order valence-corrected chi connectivity index (χ3v) is 5.07. The second-order valence-electron chi connectivity index (χ2n) is 6.36. The van der Waals surface area contributed by atoms with Crippen molar-refractivity contribution >= 4 is 33.5 Å². The molecule has 0 fully saturated rings. The molecule has 0 heterocycles. The van der Waals surface area contributed by atoms with Gasteiger partial charge in [-0.2, -0.15) is 0 Å². The molecule has 1 amide bonds. The fourth-order valence-electron chi connectivity index (χ4n) is 2.74. The first-order valence-electron chi connectivity index (χ1n) is 8.81. The molecule has 2 rings (SSSR count). The van der Waals surface area contributed by atoms with E-state index in [0.29, 0.717) is 21.7 Å². The van der Waals surface area contributed by atoms with Crippen LogP contribution >= 0.6 is 15.9 Å². The Morgan fingerprint density at radius 2 is 1.66 bits per heavy atom.